The first-order valence-corrected chi connectivity index (χ1v) is 7.42. The molecule has 0 radical (unpaired) electrons. The maximum atomic E-state index is 6.22. The van der Waals surface area contributed by atoms with Crippen LogP contribution in [0.3, 0.4) is 0 Å². The number of ether oxygens (including phenoxy) is 1. The molecule has 2 rings (SSSR count). The van der Waals surface area contributed by atoms with E-state index >= 15 is 0 Å². The maximum Gasteiger partial charge on any atom is 0.227 e. The molecule has 0 bridgehead atoms. The van der Waals surface area contributed by atoms with E-state index < -0.39 is 0 Å². The van der Waals surface area contributed by atoms with Crippen LogP contribution in [0.5, 0.6) is 11.6 Å². The zero-order valence-electron chi connectivity index (χ0n) is 12.8. The van der Waals surface area contributed by atoms with Gasteiger partial charge in [-0.3, -0.25) is 0 Å². The topological polar surface area (TPSA) is 47.0 Å². The van der Waals surface area contributed by atoms with E-state index in [-0.39, 0.29) is 0 Å². The molecule has 2 aromatic rings. The predicted octanol–water partition coefficient (Wildman–Crippen LogP) is 4.53. The van der Waals surface area contributed by atoms with E-state index in [1.807, 2.05) is 39.1 Å². The zero-order chi connectivity index (χ0) is 15.4. The van der Waals surface area contributed by atoms with E-state index in [9.17, 15) is 0 Å². The molecule has 0 aliphatic heterocycles. The van der Waals surface area contributed by atoms with Crippen LogP contribution in [-0.2, 0) is 6.42 Å². The Labute approximate surface area is 130 Å². The maximum absolute atomic E-state index is 6.22. The molecule has 1 aromatic heterocycles. The average molecular weight is 306 g/mol. The van der Waals surface area contributed by atoms with Gasteiger partial charge in [0, 0.05) is 13.5 Å². The van der Waals surface area contributed by atoms with Gasteiger partial charge in [-0.25, -0.2) is 4.98 Å². The molecular formula is C16H20ClN3O. The Morgan fingerprint density at radius 1 is 1.24 bits per heavy atom. The number of aromatic nitrogens is 2. The highest BCUT2D eigenvalue weighted by molar-refractivity contribution is 6.32. The number of nitrogens with zero attached hydrogens (tertiary/aromatic N) is 2. The normalized spacial score (nSPS) is 10.5. The van der Waals surface area contributed by atoms with Crippen LogP contribution in [0.15, 0.2) is 18.2 Å². The summed E-state index contributed by atoms with van der Waals surface area (Å²) in [6.45, 7) is 6.02. The molecule has 0 atom stereocenters. The molecule has 0 aliphatic carbocycles. The molecule has 0 amide bonds. The minimum Gasteiger partial charge on any atom is -0.437 e. The Morgan fingerprint density at radius 2 is 2.00 bits per heavy atom. The highest BCUT2D eigenvalue weighted by Gasteiger charge is 2.13. The first kappa shape index (κ1) is 15.6. The molecule has 0 spiro atoms. The molecule has 0 saturated heterocycles. The first-order chi connectivity index (χ1) is 10.0. The predicted molar refractivity (Wildman–Crippen MR) is 86.6 cm³/mol. The number of aryl methyl sites for hydroxylation is 2. The van der Waals surface area contributed by atoms with Crippen molar-refractivity contribution < 1.29 is 4.74 Å². The lowest BCUT2D eigenvalue weighted by Crippen LogP contribution is -2.05. The summed E-state index contributed by atoms with van der Waals surface area (Å²) in [5.74, 6) is 2.70. The van der Waals surface area contributed by atoms with Crippen molar-refractivity contribution in [1.29, 1.82) is 0 Å². The van der Waals surface area contributed by atoms with Gasteiger partial charge in [0.05, 0.1) is 10.6 Å². The molecule has 1 N–H and O–H groups in total. The van der Waals surface area contributed by atoms with E-state index in [4.69, 9.17) is 16.3 Å². The van der Waals surface area contributed by atoms with E-state index in [1.54, 1.807) is 0 Å². The molecule has 0 fully saturated rings. The monoisotopic (exact) mass is 305 g/mol. The van der Waals surface area contributed by atoms with Crippen LogP contribution in [0.4, 0.5) is 5.82 Å². The summed E-state index contributed by atoms with van der Waals surface area (Å²) < 4.78 is 5.90. The fourth-order valence-corrected chi connectivity index (χ4v) is 2.28. The molecule has 5 heteroatoms. The molecule has 4 nitrogen and oxygen atoms in total. The third-order valence-corrected chi connectivity index (χ3v) is 3.45. The van der Waals surface area contributed by atoms with Gasteiger partial charge in [0.15, 0.2) is 0 Å². The van der Waals surface area contributed by atoms with E-state index in [0.29, 0.717) is 16.7 Å². The Kier molecular flexibility index (Phi) is 5.02. The van der Waals surface area contributed by atoms with Crippen molar-refractivity contribution in [3.8, 4) is 11.6 Å². The fraction of sp³-hybridized carbons (Fsp3) is 0.375. The minimum absolute atomic E-state index is 0.545. The lowest BCUT2D eigenvalue weighted by atomic mass is 10.2. The van der Waals surface area contributed by atoms with Crippen LogP contribution in [-0.4, -0.2) is 17.0 Å². The van der Waals surface area contributed by atoms with Gasteiger partial charge in [0.2, 0.25) is 5.88 Å². The number of hydrogen-bond acceptors (Lipinski definition) is 4. The zero-order valence-corrected chi connectivity index (χ0v) is 13.6. The van der Waals surface area contributed by atoms with Gasteiger partial charge in [0.25, 0.3) is 0 Å². The first-order valence-electron chi connectivity index (χ1n) is 7.04. The Balaban J connectivity index is 2.40. The summed E-state index contributed by atoms with van der Waals surface area (Å²) in [6.07, 6.45) is 1.80. The Hall–Kier alpha value is -1.81. The van der Waals surface area contributed by atoms with Gasteiger partial charge in [-0.15, -0.1) is 0 Å². The van der Waals surface area contributed by atoms with E-state index in [1.165, 1.54) is 0 Å². The molecular weight excluding hydrogens is 286 g/mol. The quantitative estimate of drug-likeness (QED) is 0.881. The SMILES string of the molecule is CCCc1nc(NC)c(C)c(Oc2ccc(C)cc2Cl)n1. The second-order valence-corrected chi connectivity index (χ2v) is 5.36. The van der Waals surface area contributed by atoms with Crippen LogP contribution < -0.4 is 10.1 Å². The number of rotatable bonds is 5. The van der Waals surface area contributed by atoms with Crippen LogP contribution in [0.25, 0.3) is 0 Å². The van der Waals surface area contributed by atoms with Gasteiger partial charge in [0.1, 0.15) is 17.4 Å². The minimum atomic E-state index is 0.545. The number of anilines is 1. The van der Waals surface area contributed by atoms with Crippen molar-refractivity contribution in [1.82, 2.24) is 9.97 Å². The summed E-state index contributed by atoms with van der Waals surface area (Å²) in [4.78, 5) is 8.98. The van der Waals surface area contributed by atoms with Gasteiger partial charge >= 0.3 is 0 Å². The summed E-state index contributed by atoms with van der Waals surface area (Å²) in [5.41, 5.74) is 1.96. The highest BCUT2D eigenvalue weighted by Crippen LogP contribution is 2.32. The van der Waals surface area contributed by atoms with E-state index in [0.717, 1.165) is 35.6 Å². The third kappa shape index (κ3) is 3.64. The largest absolute Gasteiger partial charge is 0.437 e. The second-order valence-electron chi connectivity index (χ2n) is 4.95. The Bertz CT molecular complexity index is 644. The molecule has 1 aromatic carbocycles. The fourth-order valence-electron chi connectivity index (χ4n) is 2.01. The van der Waals surface area contributed by atoms with E-state index in [2.05, 4.69) is 22.2 Å². The van der Waals surface area contributed by atoms with Gasteiger partial charge in [-0.1, -0.05) is 24.6 Å². The summed E-state index contributed by atoms with van der Waals surface area (Å²) >= 11 is 6.22. The number of hydrogen-bond donors (Lipinski definition) is 1. The summed E-state index contributed by atoms with van der Waals surface area (Å²) in [6, 6.07) is 5.70. The van der Waals surface area contributed by atoms with Crippen LogP contribution in [0, 0.1) is 13.8 Å². The summed E-state index contributed by atoms with van der Waals surface area (Å²) in [7, 11) is 1.84. The Morgan fingerprint density at radius 3 is 2.62 bits per heavy atom. The number of nitrogens with one attached hydrogen (secondary N) is 1. The molecule has 1 heterocycles. The van der Waals surface area contributed by atoms with Gasteiger partial charge < -0.3 is 10.1 Å². The standard InChI is InChI=1S/C16H20ClN3O/c1-5-6-14-19-15(18-4)11(3)16(20-14)21-13-8-7-10(2)9-12(13)17/h7-9H,5-6H2,1-4H3,(H,18,19,20). The van der Waals surface area contributed by atoms with Crippen molar-refractivity contribution in [3.05, 3.63) is 40.2 Å². The molecule has 0 unspecified atom stereocenters. The van der Waals surface area contributed by atoms with Crippen LogP contribution >= 0.6 is 11.6 Å². The van der Waals surface area contributed by atoms with Crippen LogP contribution in [0.2, 0.25) is 5.02 Å². The lowest BCUT2D eigenvalue weighted by Gasteiger charge is -2.13. The molecule has 112 valence electrons. The molecule has 21 heavy (non-hydrogen) atoms. The van der Waals surface area contributed by atoms with Crippen molar-refractivity contribution in [2.75, 3.05) is 12.4 Å². The molecule has 0 aliphatic rings. The number of benzene rings is 1. The van der Waals surface area contributed by atoms with Gasteiger partial charge in [-0.05, 0) is 38.0 Å². The van der Waals surface area contributed by atoms with Crippen molar-refractivity contribution in [3.63, 3.8) is 0 Å². The number of halogens is 1. The van der Waals surface area contributed by atoms with Crippen molar-refractivity contribution >= 4 is 17.4 Å². The third-order valence-electron chi connectivity index (χ3n) is 3.15. The smallest absolute Gasteiger partial charge is 0.227 e. The average Bonchev–Trinajstić information content (AvgIpc) is 2.45. The summed E-state index contributed by atoms with van der Waals surface area (Å²) in [5, 5.41) is 3.66. The van der Waals surface area contributed by atoms with Crippen molar-refractivity contribution in [2.45, 2.75) is 33.6 Å². The van der Waals surface area contributed by atoms with Crippen LogP contribution in [0.1, 0.15) is 30.3 Å². The second kappa shape index (κ2) is 6.76. The van der Waals surface area contributed by atoms with Crippen molar-refractivity contribution in [2.24, 2.45) is 0 Å². The van der Waals surface area contributed by atoms with Gasteiger partial charge in [-0.2, -0.15) is 4.98 Å². The molecule has 0 saturated carbocycles. The highest BCUT2D eigenvalue weighted by atomic mass is 35.5. The lowest BCUT2D eigenvalue weighted by molar-refractivity contribution is 0.454.